The van der Waals surface area contributed by atoms with E-state index < -0.39 is 9.84 Å². The first-order valence-corrected chi connectivity index (χ1v) is 12.5. The van der Waals surface area contributed by atoms with Crippen molar-refractivity contribution in [3.63, 3.8) is 0 Å². The lowest BCUT2D eigenvalue weighted by Crippen LogP contribution is -2.31. The van der Waals surface area contributed by atoms with Crippen molar-refractivity contribution in [2.75, 3.05) is 6.54 Å². The first-order valence-electron chi connectivity index (χ1n) is 9.95. The predicted octanol–water partition coefficient (Wildman–Crippen LogP) is 4.24. The predicted molar refractivity (Wildman–Crippen MR) is 119 cm³/mol. The molecule has 0 atom stereocenters. The molecule has 8 heteroatoms. The van der Waals surface area contributed by atoms with Crippen LogP contribution in [-0.4, -0.2) is 35.3 Å². The van der Waals surface area contributed by atoms with Gasteiger partial charge in [-0.05, 0) is 29.9 Å². The average molecular weight is 446 g/mol. The fraction of sp³-hybridized carbons (Fsp3) is 0.364. The maximum atomic E-state index is 13.1. The Morgan fingerprint density at radius 2 is 1.90 bits per heavy atom. The summed E-state index contributed by atoms with van der Waals surface area (Å²) in [6.45, 7) is 7.34. The molecule has 6 nitrogen and oxygen atoms in total. The number of sulfone groups is 1. The Labute approximate surface area is 182 Å². The molecule has 1 aromatic carbocycles. The van der Waals surface area contributed by atoms with Gasteiger partial charge in [-0.2, -0.15) is 0 Å². The summed E-state index contributed by atoms with van der Waals surface area (Å²) >= 11 is 1.40. The van der Waals surface area contributed by atoms with Crippen LogP contribution in [0.4, 0.5) is 0 Å². The van der Waals surface area contributed by atoms with E-state index in [-0.39, 0.29) is 22.7 Å². The van der Waals surface area contributed by atoms with E-state index in [4.69, 9.17) is 0 Å². The first-order chi connectivity index (χ1) is 14.3. The average Bonchev–Trinajstić information content (AvgIpc) is 3.36. The van der Waals surface area contributed by atoms with Crippen LogP contribution >= 0.6 is 11.3 Å². The van der Waals surface area contributed by atoms with Crippen molar-refractivity contribution in [1.82, 2.24) is 14.5 Å². The highest BCUT2D eigenvalue weighted by Crippen LogP contribution is 2.21. The third-order valence-corrected chi connectivity index (χ3v) is 7.13. The van der Waals surface area contributed by atoms with E-state index in [0.29, 0.717) is 24.5 Å². The molecule has 1 amide bonds. The Morgan fingerprint density at radius 1 is 1.17 bits per heavy atom. The third kappa shape index (κ3) is 5.17. The molecule has 0 N–H and O–H groups in total. The number of thiophene rings is 1. The molecule has 3 aromatic rings. The molecule has 0 radical (unpaired) electrons. The summed E-state index contributed by atoms with van der Waals surface area (Å²) in [6, 6.07) is 12.8. The number of rotatable bonds is 9. The number of hydrogen-bond acceptors (Lipinski definition) is 5. The largest absolute Gasteiger partial charge is 0.332 e. The quantitative estimate of drug-likeness (QED) is 0.494. The van der Waals surface area contributed by atoms with E-state index in [2.05, 4.69) is 4.98 Å². The van der Waals surface area contributed by atoms with Gasteiger partial charge in [0.15, 0.2) is 0 Å². The van der Waals surface area contributed by atoms with Crippen molar-refractivity contribution in [3.8, 4) is 0 Å². The van der Waals surface area contributed by atoms with Crippen LogP contribution in [0, 0.1) is 5.92 Å². The summed E-state index contributed by atoms with van der Waals surface area (Å²) in [5.74, 6) is 0.0683. The van der Waals surface area contributed by atoms with Gasteiger partial charge >= 0.3 is 0 Å². The van der Waals surface area contributed by atoms with Crippen LogP contribution in [0.15, 0.2) is 59.2 Å². The van der Waals surface area contributed by atoms with Gasteiger partial charge in [-0.25, -0.2) is 13.4 Å². The zero-order chi connectivity index (χ0) is 21.7. The maximum Gasteiger partial charge on any atom is 0.264 e. The number of imidazole rings is 1. The van der Waals surface area contributed by atoms with E-state index in [1.54, 1.807) is 33.9 Å². The van der Waals surface area contributed by atoms with Crippen molar-refractivity contribution in [2.24, 2.45) is 5.92 Å². The van der Waals surface area contributed by atoms with Gasteiger partial charge in [-0.1, -0.05) is 50.2 Å². The van der Waals surface area contributed by atoms with Gasteiger partial charge in [0.1, 0.15) is 0 Å². The smallest absolute Gasteiger partial charge is 0.264 e. The molecule has 0 spiro atoms. The van der Waals surface area contributed by atoms with Gasteiger partial charge in [0.25, 0.3) is 5.91 Å². The van der Waals surface area contributed by atoms with E-state index in [1.807, 2.05) is 50.4 Å². The minimum absolute atomic E-state index is 0.0570. The molecular formula is C22H27N3O3S2. The highest BCUT2D eigenvalue weighted by atomic mass is 32.2. The molecule has 0 aliphatic heterocycles. The monoisotopic (exact) mass is 445 g/mol. The van der Waals surface area contributed by atoms with Gasteiger partial charge in [-0.15, -0.1) is 11.3 Å². The zero-order valence-electron chi connectivity index (χ0n) is 17.5. The number of hydrogen-bond donors (Lipinski definition) is 0. The van der Waals surface area contributed by atoms with E-state index in [9.17, 15) is 13.2 Å². The van der Waals surface area contributed by atoms with Crippen LogP contribution in [0.1, 0.15) is 41.7 Å². The molecule has 0 aliphatic carbocycles. The van der Waals surface area contributed by atoms with Crippen molar-refractivity contribution in [2.45, 2.75) is 44.8 Å². The van der Waals surface area contributed by atoms with Crippen molar-refractivity contribution in [3.05, 3.63) is 70.2 Å². The van der Waals surface area contributed by atoms with Gasteiger partial charge in [0.05, 0.1) is 29.1 Å². The van der Waals surface area contributed by atoms with E-state index in [1.165, 1.54) is 11.3 Å². The Bertz CT molecular complexity index is 1070. The standard InChI is InChI=1S/C22H27N3O3S2/c1-4-24(21(26)20-11-8-12-29-20)15-19-13-23-22(25(19)14-17(2)3)30(27,28)16-18-9-6-5-7-10-18/h5-13,17H,4,14-16H2,1-3H3. The zero-order valence-corrected chi connectivity index (χ0v) is 19.1. The summed E-state index contributed by atoms with van der Waals surface area (Å²) in [5, 5.41) is 1.94. The summed E-state index contributed by atoms with van der Waals surface area (Å²) in [7, 11) is -3.62. The molecule has 0 aliphatic rings. The van der Waals surface area contributed by atoms with Gasteiger partial charge in [-0.3, -0.25) is 4.79 Å². The molecule has 2 heterocycles. The van der Waals surface area contributed by atoms with Crippen LogP contribution in [0.5, 0.6) is 0 Å². The minimum atomic E-state index is -3.62. The molecule has 0 bridgehead atoms. The Kier molecular flexibility index (Phi) is 7.10. The summed E-state index contributed by atoms with van der Waals surface area (Å²) in [4.78, 5) is 19.5. The van der Waals surface area contributed by atoms with E-state index in [0.717, 1.165) is 11.3 Å². The second kappa shape index (κ2) is 9.57. The lowest BCUT2D eigenvalue weighted by atomic mass is 10.2. The maximum absolute atomic E-state index is 13.1. The number of carbonyl (C=O) groups is 1. The lowest BCUT2D eigenvalue weighted by Gasteiger charge is -2.22. The molecule has 0 fully saturated rings. The first kappa shape index (κ1) is 22.2. The normalized spacial score (nSPS) is 11.7. The van der Waals surface area contributed by atoms with Gasteiger partial charge in [0.2, 0.25) is 15.0 Å². The van der Waals surface area contributed by atoms with Crippen LogP contribution < -0.4 is 0 Å². The van der Waals surface area contributed by atoms with Crippen LogP contribution in [0.2, 0.25) is 0 Å². The third-order valence-electron chi connectivity index (χ3n) is 4.68. The van der Waals surface area contributed by atoms with Crippen LogP contribution in [0.25, 0.3) is 0 Å². The molecule has 0 unspecified atom stereocenters. The summed E-state index contributed by atoms with van der Waals surface area (Å²) in [5.41, 5.74) is 1.45. The Balaban J connectivity index is 1.92. The Morgan fingerprint density at radius 3 is 2.50 bits per heavy atom. The summed E-state index contributed by atoms with van der Waals surface area (Å²) < 4.78 is 28.0. The van der Waals surface area contributed by atoms with Gasteiger partial charge < -0.3 is 9.47 Å². The van der Waals surface area contributed by atoms with Crippen molar-refractivity contribution in [1.29, 1.82) is 0 Å². The second-order valence-corrected chi connectivity index (χ2v) is 10.4. The van der Waals surface area contributed by atoms with Crippen molar-refractivity contribution >= 4 is 27.1 Å². The lowest BCUT2D eigenvalue weighted by molar-refractivity contribution is 0.0753. The molecular weight excluding hydrogens is 418 g/mol. The topological polar surface area (TPSA) is 72.3 Å². The van der Waals surface area contributed by atoms with Crippen LogP contribution in [-0.2, 0) is 28.7 Å². The van der Waals surface area contributed by atoms with Gasteiger partial charge in [0, 0.05) is 13.1 Å². The number of aromatic nitrogens is 2. The highest BCUT2D eigenvalue weighted by Gasteiger charge is 2.26. The molecule has 30 heavy (non-hydrogen) atoms. The fourth-order valence-corrected chi connectivity index (χ4v) is 5.46. The molecule has 160 valence electrons. The van der Waals surface area contributed by atoms with Crippen molar-refractivity contribution < 1.29 is 13.2 Å². The minimum Gasteiger partial charge on any atom is -0.332 e. The molecule has 0 saturated heterocycles. The van der Waals surface area contributed by atoms with Crippen LogP contribution in [0.3, 0.4) is 0 Å². The Hall–Kier alpha value is -2.45. The second-order valence-electron chi connectivity index (χ2n) is 7.58. The molecule has 2 aromatic heterocycles. The molecule has 3 rings (SSSR count). The fourth-order valence-electron chi connectivity index (χ4n) is 3.26. The van der Waals surface area contributed by atoms with E-state index >= 15 is 0 Å². The number of carbonyl (C=O) groups excluding carboxylic acids is 1. The number of benzene rings is 1. The highest BCUT2D eigenvalue weighted by molar-refractivity contribution is 7.90. The molecule has 0 saturated carbocycles. The SMILES string of the molecule is CCN(Cc1cnc(S(=O)(=O)Cc2ccccc2)n1CC(C)C)C(=O)c1cccs1. The summed E-state index contributed by atoms with van der Waals surface area (Å²) in [6.07, 6.45) is 1.59. The number of amides is 1. The number of nitrogens with zero attached hydrogens (tertiary/aromatic N) is 3.